The van der Waals surface area contributed by atoms with Crippen molar-refractivity contribution in [3.63, 3.8) is 0 Å². The molecule has 0 radical (unpaired) electrons. The highest BCUT2D eigenvalue weighted by atomic mass is 19.4. The average Bonchev–Trinajstić information content (AvgIpc) is 3.58. The number of halogens is 3. The minimum absolute atomic E-state index is 0.226. The minimum atomic E-state index is -4.40. The van der Waals surface area contributed by atoms with Crippen LogP contribution in [0.25, 0.3) is 33.5 Å². The van der Waals surface area contributed by atoms with Gasteiger partial charge in [-0.2, -0.15) is 13.2 Å². The van der Waals surface area contributed by atoms with E-state index in [-0.39, 0.29) is 12.7 Å². The summed E-state index contributed by atoms with van der Waals surface area (Å²) in [6.07, 6.45) is -2.18. The van der Waals surface area contributed by atoms with E-state index >= 15 is 0 Å². The molecule has 1 saturated heterocycles. The Bertz CT molecular complexity index is 1460. The average molecular weight is 535 g/mol. The molecule has 202 valence electrons. The molecule has 3 aromatic carbocycles. The first kappa shape index (κ1) is 26.5. The van der Waals surface area contributed by atoms with Crippen molar-refractivity contribution >= 4 is 17.1 Å². The Kier molecular flexibility index (Phi) is 7.70. The molecule has 0 saturated carbocycles. The van der Waals surface area contributed by atoms with E-state index in [0.29, 0.717) is 42.4 Å². The van der Waals surface area contributed by atoms with Crippen LogP contribution in [0.1, 0.15) is 17.5 Å². The summed E-state index contributed by atoms with van der Waals surface area (Å²) in [6.45, 7) is 6.70. The van der Waals surface area contributed by atoms with Gasteiger partial charge in [0.1, 0.15) is 12.4 Å². The van der Waals surface area contributed by atoms with Crippen molar-refractivity contribution in [3.8, 4) is 22.5 Å². The van der Waals surface area contributed by atoms with Crippen molar-refractivity contribution < 1.29 is 22.7 Å². The molecule has 6 nitrogen and oxygen atoms in total. The summed E-state index contributed by atoms with van der Waals surface area (Å²) >= 11 is 0. The number of likely N-dealkylation sites (tertiary alicyclic amines) is 1. The highest BCUT2D eigenvalue weighted by Crippen LogP contribution is 2.32. The maximum atomic E-state index is 13.0. The minimum Gasteiger partial charge on any atom is -0.445 e. The second-order valence-corrected chi connectivity index (χ2v) is 9.69. The van der Waals surface area contributed by atoms with Crippen molar-refractivity contribution in [2.45, 2.75) is 19.1 Å². The summed E-state index contributed by atoms with van der Waals surface area (Å²) in [4.78, 5) is 21.2. The number of imidazole rings is 1. The van der Waals surface area contributed by atoms with Crippen LogP contribution in [0.15, 0.2) is 79.4 Å². The molecule has 39 heavy (non-hydrogen) atoms. The van der Waals surface area contributed by atoms with Gasteiger partial charge in [-0.25, -0.2) is 9.78 Å². The quantitative estimate of drug-likeness (QED) is 0.248. The van der Waals surface area contributed by atoms with Gasteiger partial charge in [-0.05, 0) is 53.3 Å². The van der Waals surface area contributed by atoms with Crippen LogP contribution in [0.2, 0.25) is 0 Å². The van der Waals surface area contributed by atoms with E-state index in [1.165, 1.54) is 6.07 Å². The van der Waals surface area contributed by atoms with Gasteiger partial charge in [0.15, 0.2) is 0 Å². The summed E-state index contributed by atoms with van der Waals surface area (Å²) < 4.78 is 44.2. The van der Waals surface area contributed by atoms with Crippen LogP contribution >= 0.6 is 0 Å². The van der Waals surface area contributed by atoms with Crippen LogP contribution in [0, 0.1) is 5.92 Å². The number of ether oxygens (including phenoxy) is 1. The molecule has 1 atom stereocenters. The Morgan fingerprint density at radius 3 is 2.67 bits per heavy atom. The predicted molar refractivity (Wildman–Crippen MR) is 145 cm³/mol. The second-order valence-electron chi connectivity index (χ2n) is 9.69. The lowest BCUT2D eigenvalue weighted by atomic mass is 10.0. The van der Waals surface area contributed by atoms with Crippen molar-refractivity contribution in [2.24, 2.45) is 5.92 Å². The van der Waals surface area contributed by atoms with Crippen LogP contribution in [0.3, 0.4) is 0 Å². The van der Waals surface area contributed by atoms with E-state index in [0.717, 1.165) is 47.4 Å². The third-order valence-corrected chi connectivity index (χ3v) is 6.86. The summed E-state index contributed by atoms with van der Waals surface area (Å²) in [5, 5.41) is 3.50. The summed E-state index contributed by atoms with van der Waals surface area (Å²) in [5.41, 5.74) is 4.17. The van der Waals surface area contributed by atoms with Gasteiger partial charge in [-0.1, -0.05) is 55.1 Å². The Morgan fingerprint density at radius 2 is 1.90 bits per heavy atom. The number of rotatable bonds is 8. The third kappa shape index (κ3) is 6.31. The summed E-state index contributed by atoms with van der Waals surface area (Å²) in [7, 11) is 0. The molecule has 1 fully saturated rings. The highest BCUT2D eigenvalue weighted by molar-refractivity contribution is 5.80. The zero-order chi connectivity index (χ0) is 27.4. The SMILES string of the molecule is C=CCOC(=O)N1CCC(CNCc2cccc(-c3ccc(-c4nc5ccc(C(F)(F)F)cc5[nH]4)cc3)c2)C1. The predicted octanol–water partition coefficient (Wildman–Crippen LogP) is 6.65. The fourth-order valence-electron chi connectivity index (χ4n) is 4.81. The van der Waals surface area contributed by atoms with Crippen molar-refractivity contribution in [2.75, 3.05) is 26.2 Å². The van der Waals surface area contributed by atoms with Gasteiger partial charge in [-0.15, -0.1) is 0 Å². The maximum absolute atomic E-state index is 13.0. The molecule has 9 heteroatoms. The fourth-order valence-corrected chi connectivity index (χ4v) is 4.81. The van der Waals surface area contributed by atoms with Crippen molar-refractivity contribution in [1.29, 1.82) is 0 Å². The lowest BCUT2D eigenvalue weighted by Gasteiger charge is -2.16. The molecule has 5 rings (SSSR count). The van der Waals surface area contributed by atoms with Gasteiger partial charge in [0.25, 0.3) is 0 Å². The number of nitrogens with one attached hydrogen (secondary N) is 2. The lowest BCUT2D eigenvalue weighted by Crippen LogP contribution is -2.31. The number of hydrogen-bond donors (Lipinski definition) is 2. The second kappa shape index (κ2) is 11.3. The van der Waals surface area contributed by atoms with E-state index in [1.54, 1.807) is 11.0 Å². The number of aromatic nitrogens is 2. The summed E-state index contributed by atoms with van der Waals surface area (Å²) in [6, 6.07) is 19.6. The van der Waals surface area contributed by atoms with Gasteiger partial charge in [0.2, 0.25) is 0 Å². The molecular formula is C30H29F3N4O2. The molecule has 1 aromatic heterocycles. The van der Waals surface area contributed by atoms with Crippen LogP contribution in [-0.2, 0) is 17.5 Å². The van der Waals surface area contributed by atoms with Gasteiger partial charge in [0.05, 0.1) is 16.6 Å². The smallest absolute Gasteiger partial charge is 0.416 e. The molecule has 4 aromatic rings. The number of hydrogen-bond acceptors (Lipinski definition) is 4. The first-order valence-corrected chi connectivity index (χ1v) is 12.8. The van der Waals surface area contributed by atoms with E-state index in [2.05, 4.69) is 34.0 Å². The van der Waals surface area contributed by atoms with Crippen molar-refractivity contribution in [1.82, 2.24) is 20.2 Å². The molecule has 0 bridgehead atoms. The van der Waals surface area contributed by atoms with E-state index < -0.39 is 11.7 Å². The van der Waals surface area contributed by atoms with E-state index in [4.69, 9.17) is 4.74 Å². The standard InChI is InChI=1S/C30H29F3N4O2/c1-2-14-39-29(38)37-13-12-21(19-37)18-34-17-20-4-3-5-24(15-20)22-6-8-23(9-7-22)28-35-26-11-10-25(30(31,32)33)16-27(26)36-28/h2-11,15-16,21,34H,1,12-14,17-19H2,(H,35,36). The van der Waals surface area contributed by atoms with Crippen LogP contribution in [-0.4, -0.2) is 47.2 Å². The van der Waals surface area contributed by atoms with Gasteiger partial charge in [0, 0.05) is 31.7 Å². The number of benzene rings is 3. The van der Waals surface area contributed by atoms with Gasteiger partial charge in [-0.3, -0.25) is 0 Å². The topological polar surface area (TPSA) is 70.2 Å². The Balaban J connectivity index is 1.19. The molecule has 2 heterocycles. The van der Waals surface area contributed by atoms with Crippen LogP contribution in [0.5, 0.6) is 0 Å². The van der Waals surface area contributed by atoms with E-state index in [9.17, 15) is 18.0 Å². The van der Waals surface area contributed by atoms with E-state index in [1.807, 2.05) is 36.4 Å². The molecular weight excluding hydrogens is 505 g/mol. The third-order valence-electron chi connectivity index (χ3n) is 6.86. The zero-order valence-electron chi connectivity index (χ0n) is 21.3. The molecule has 0 spiro atoms. The number of aromatic amines is 1. The first-order valence-electron chi connectivity index (χ1n) is 12.8. The number of carbonyl (C=O) groups excluding carboxylic acids is 1. The maximum Gasteiger partial charge on any atom is 0.416 e. The van der Waals surface area contributed by atoms with Gasteiger partial charge >= 0.3 is 12.3 Å². The normalized spacial score (nSPS) is 15.6. The number of amides is 1. The Hall–Kier alpha value is -4.11. The number of fused-ring (bicyclic) bond motifs is 1. The molecule has 2 N–H and O–H groups in total. The highest BCUT2D eigenvalue weighted by Gasteiger charge is 2.31. The summed E-state index contributed by atoms with van der Waals surface area (Å²) in [5.74, 6) is 0.906. The monoisotopic (exact) mass is 534 g/mol. The molecule has 1 aliphatic rings. The fraction of sp³-hybridized carbons (Fsp3) is 0.267. The van der Waals surface area contributed by atoms with Crippen LogP contribution < -0.4 is 5.32 Å². The molecule has 0 aliphatic carbocycles. The molecule has 1 aliphatic heterocycles. The number of H-pyrrole nitrogens is 1. The van der Waals surface area contributed by atoms with Crippen molar-refractivity contribution in [3.05, 3.63) is 90.5 Å². The Labute approximate surface area is 224 Å². The first-order chi connectivity index (χ1) is 18.8. The number of carbonyl (C=O) groups is 1. The lowest BCUT2D eigenvalue weighted by molar-refractivity contribution is -0.137. The van der Waals surface area contributed by atoms with Crippen LogP contribution in [0.4, 0.5) is 18.0 Å². The zero-order valence-corrected chi connectivity index (χ0v) is 21.3. The van der Waals surface area contributed by atoms with Gasteiger partial charge < -0.3 is 19.9 Å². The Morgan fingerprint density at radius 1 is 1.10 bits per heavy atom. The number of alkyl halides is 3. The molecule has 1 amide bonds. The molecule has 1 unspecified atom stereocenters. The number of nitrogens with zero attached hydrogens (tertiary/aromatic N) is 2. The largest absolute Gasteiger partial charge is 0.445 e.